The molecule has 1 rings (SSSR count). The molecule has 0 saturated carbocycles. The lowest BCUT2D eigenvalue weighted by Crippen LogP contribution is -1.69. The molecule has 1 heterocycles. The Labute approximate surface area is 29.4 Å². The summed E-state index contributed by atoms with van der Waals surface area (Å²) in [7, 11) is 0. The summed E-state index contributed by atoms with van der Waals surface area (Å²) in [4.78, 5) is 0. The summed E-state index contributed by atoms with van der Waals surface area (Å²) in [5.74, 6) is 0. The van der Waals surface area contributed by atoms with Gasteiger partial charge < -0.3 is 0 Å². The maximum absolute atomic E-state index is 3.18. The molecule has 0 aromatic carbocycles. The quantitative estimate of drug-likeness (QED) is 0.383. The standard InChI is InChI=1S/C2N3/c1-2-4-5-3-1. The molecule has 0 spiro atoms. The zero-order valence-electron chi connectivity index (χ0n) is 2.34. The van der Waals surface area contributed by atoms with E-state index in [0.29, 0.717) is 0 Å². The lowest BCUT2D eigenvalue weighted by molar-refractivity contribution is 0.886. The van der Waals surface area contributed by atoms with Crippen molar-refractivity contribution in [1.82, 2.24) is 5.43 Å². The molecule has 0 amide bonds. The second-order valence-electron chi connectivity index (χ2n) is 0.513. The lowest BCUT2D eigenvalue weighted by atomic mass is 11.0. The van der Waals surface area contributed by atoms with E-state index in [4.69, 9.17) is 0 Å². The van der Waals surface area contributed by atoms with Crippen molar-refractivity contribution in [2.24, 2.45) is 10.3 Å². The molecule has 0 fully saturated rings. The van der Waals surface area contributed by atoms with Crippen LogP contribution in [-0.4, -0.2) is 0 Å². The van der Waals surface area contributed by atoms with Gasteiger partial charge in [0.25, 0.3) is 0 Å². The van der Waals surface area contributed by atoms with Crippen LogP contribution in [0.3, 0.4) is 0 Å². The van der Waals surface area contributed by atoms with E-state index in [2.05, 4.69) is 28.2 Å². The molecule has 0 aromatic heterocycles. The first-order valence-corrected chi connectivity index (χ1v) is 1.10. The maximum atomic E-state index is 3.18. The molecule has 0 saturated heterocycles. The van der Waals surface area contributed by atoms with Crippen molar-refractivity contribution in [2.45, 2.75) is 0 Å². The minimum absolute atomic E-state index is 2.26. The van der Waals surface area contributed by atoms with Gasteiger partial charge in [-0.3, -0.25) is 0 Å². The van der Waals surface area contributed by atoms with Crippen LogP contribution in [0.25, 0.3) is 0 Å². The highest BCUT2D eigenvalue weighted by molar-refractivity contribution is 4.57. The molecular weight excluding hydrogens is 66.0 g/mol. The topological polar surface area (TPSA) is 38.8 Å². The monoisotopic (exact) mass is 66.0 g/mol. The third-order valence-corrected chi connectivity index (χ3v) is 0.239. The molecule has 3 heteroatoms. The Kier molecular flexibility index (Phi) is 0.400. The third-order valence-electron chi connectivity index (χ3n) is 0.239. The molecule has 0 bridgehead atoms. The summed E-state index contributed by atoms with van der Waals surface area (Å²) in [6.45, 7) is 0. The van der Waals surface area contributed by atoms with Crippen molar-refractivity contribution in [3.05, 3.63) is 12.4 Å². The number of hydrogen-bond donors (Lipinski definition) is 0. The Morgan fingerprint density at radius 3 is 2.40 bits per heavy atom. The van der Waals surface area contributed by atoms with Crippen molar-refractivity contribution in [2.75, 3.05) is 0 Å². The SMILES string of the molecule is [C]1=[C]N=N[N]1. The van der Waals surface area contributed by atoms with E-state index in [0.717, 1.165) is 0 Å². The van der Waals surface area contributed by atoms with Crippen molar-refractivity contribution < 1.29 is 0 Å². The molecule has 3 nitrogen and oxygen atoms in total. The first-order chi connectivity index (χ1) is 2.50. The number of rotatable bonds is 0. The van der Waals surface area contributed by atoms with E-state index in [1.54, 1.807) is 0 Å². The zero-order valence-corrected chi connectivity index (χ0v) is 2.34. The van der Waals surface area contributed by atoms with Crippen LogP contribution in [0.1, 0.15) is 0 Å². The van der Waals surface area contributed by atoms with Crippen LogP contribution in [0, 0.1) is 12.4 Å². The predicted octanol–water partition coefficient (Wildman–Crippen LogP) is 0.0492. The van der Waals surface area contributed by atoms with Gasteiger partial charge in [-0.1, -0.05) is 0 Å². The zero-order chi connectivity index (χ0) is 3.54. The van der Waals surface area contributed by atoms with E-state index in [9.17, 15) is 0 Å². The van der Waals surface area contributed by atoms with Gasteiger partial charge in [0.1, 0.15) is 12.4 Å². The second-order valence-corrected chi connectivity index (χ2v) is 0.513. The highest BCUT2D eigenvalue weighted by atomic mass is 15.4. The number of hydrogen-bond acceptors (Lipinski definition) is 2. The van der Waals surface area contributed by atoms with Crippen molar-refractivity contribution in [3.63, 3.8) is 0 Å². The molecule has 1 aliphatic heterocycles. The fourth-order valence-electron chi connectivity index (χ4n) is 0.112. The van der Waals surface area contributed by atoms with Crippen LogP contribution in [0.4, 0.5) is 0 Å². The Morgan fingerprint density at radius 1 is 1.20 bits per heavy atom. The van der Waals surface area contributed by atoms with Gasteiger partial charge in [-0.05, 0) is 5.22 Å². The van der Waals surface area contributed by atoms with E-state index in [-0.39, 0.29) is 0 Å². The summed E-state index contributed by atoms with van der Waals surface area (Å²) in [5, 5.41) is 6.29. The predicted molar refractivity (Wildman–Crippen MR) is 13.5 cm³/mol. The van der Waals surface area contributed by atoms with Gasteiger partial charge in [0, 0.05) is 0 Å². The molecule has 0 N–H and O–H groups in total. The molecule has 0 aromatic rings. The number of nitrogens with zero attached hydrogens (tertiary/aromatic N) is 3. The summed E-state index contributed by atoms with van der Waals surface area (Å²) >= 11 is 0. The first-order valence-electron chi connectivity index (χ1n) is 1.10. The Morgan fingerprint density at radius 2 is 2.20 bits per heavy atom. The lowest BCUT2D eigenvalue weighted by Gasteiger charge is -1.56. The summed E-state index contributed by atoms with van der Waals surface area (Å²) in [6.07, 6.45) is 4.53. The van der Waals surface area contributed by atoms with Gasteiger partial charge in [0.2, 0.25) is 0 Å². The van der Waals surface area contributed by atoms with E-state index in [1.165, 1.54) is 0 Å². The molecular formula is C2N3. The average Bonchev–Trinajstić information content (AvgIpc) is 1.76. The van der Waals surface area contributed by atoms with Crippen molar-refractivity contribution >= 4 is 0 Å². The molecule has 1 aliphatic rings. The van der Waals surface area contributed by atoms with Gasteiger partial charge in [-0.25, -0.2) is 0 Å². The van der Waals surface area contributed by atoms with E-state index in [1.807, 2.05) is 0 Å². The van der Waals surface area contributed by atoms with Gasteiger partial charge >= 0.3 is 0 Å². The van der Waals surface area contributed by atoms with Crippen molar-refractivity contribution in [3.8, 4) is 0 Å². The van der Waals surface area contributed by atoms with Crippen LogP contribution in [0.15, 0.2) is 10.3 Å². The average molecular weight is 66.0 g/mol. The van der Waals surface area contributed by atoms with Crippen LogP contribution in [-0.2, 0) is 0 Å². The van der Waals surface area contributed by atoms with Gasteiger partial charge in [0.15, 0.2) is 0 Å². The smallest absolute Gasteiger partial charge is 0.126 e. The molecule has 3 radical (unpaired) electrons. The highest BCUT2D eigenvalue weighted by Crippen LogP contribution is 1.79. The molecule has 0 unspecified atom stereocenters. The van der Waals surface area contributed by atoms with E-state index < -0.39 is 0 Å². The minimum atomic E-state index is 2.26. The minimum Gasteiger partial charge on any atom is -0.126 e. The highest BCUT2D eigenvalue weighted by Gasteiger charge is 1.78. The molecule has 23 valence electrons. The van der Waals surface area contributed by atoms with Gasteiger partial charge in [-0.15, -0.1) is 10.5 Å². The Hall–Kier alpha value is -0.860. The normalized spacial score (nSPS) is 16.0. The van der Waals surface area contributed by atoms with Crippen LogP contribution < -0.4 is 5.43 Å². The molecule has 0 atom stereocenters. The summed E-state index contributed by atoms with van der Waals surface area (Å²) in [6, 6.07) is 0. The molecule has 0 aliphatic carbocycles. The van der Waals surface area contributed by atoms with Crippen LogP contribution in [0.2, 0.25) is 0 Å². The largest absolute Gasteiger partial charge is 0.147 e. The Balaban J connectivity index is 2.61. The van der Waals surface area contributed by atoms with Gasteiger partial charge in [-0.2, -0.15) is 0 Å². The summed E-state index contributed by atoms with van der Waals surface area (Å²) < 4.78 is 0. The maximum Gasteiger partial charge on any atom is 0.147 e. The summed E-state index contributed by atoms with van der Waals surface area (Å²) in [5.41, 5.74) is 3.18. The van der Waals surface area contributed by atoms with Crippen molar-refractivity contribution in [1.29, 1.82) is 0 Å². The second kappa shape index (κ2) is 0.839. The first kappa shape index (κ1) is 2.38. The van der Waals surface area contributed by atoms with Gasteiger partial charge in [0.05, 0.1) is 0 Å². The van der Waals surface area contributed by atoms with Crippen LogP contribution >= 0.6 is 0 Å². The Bertz CT molecular complexity index is 63.0. The third kappa shape index (κ3) is 0.238. The van der Waals surface area contributed by atoms with Crippen LogP contribution in [0.5, 0.6) is 0 Å². The molecule has 5 heavy (non-hydrogen) atoms. The fraction of sp³-hybridized carbons (Fsp3) is 0. The fourth-order valence-corrected chi connectivity index (χ4v) is 0.112. The van der Waals surface area contributed by atoms with E-state index >= 15 is 0 Å².